The summed E-state index contributed by atoms with van der Waals surface area (Å²) in [7, 11) is 0. The fourth-order valence-electron chi connectivity index (χ4n) is 4.12. The molecule has 218 valence electrons. The minimum absolute atomic E-state index is 0.305. The van der Waals surface area contributed by atoms with Crippen molar-refractivity contribution in [3.63, 3.8) is 0 Å². The number of esters is 4. The highest BCUT2D eigenvalue weighted by molar-refractivity contribution is 9.10. The van der Waals surface area contributed by atoms with Crippen LogP contribution in [0.5, 0.6) is 0 Å². The Labute approximate surface area is 246 Å². The average molecular weight is 652 g/mol. The van der Waals surface area contributed by atoms with Gasteiger partial charge in [-0.05, 0) is 48.2 Å². The summed E-state index contributed by atoms with van der Waals surface area (Å²) < 4.78 is 36.0. The lowest BCUT2D eigenvalue weighted by Crippen LogP contribution is -2.61. The molecule has 3 heterocycles. The summed E-state index contributed by atoms with van der Waals surface area (Å²) in [6.45, 7) is 4.36. The van der Waals surface area contributed by atoms with Gasteiger partial charge >= 0.3 is 23.9 Å². The summed E-state index contributed by atoms with van der Waals surface area (Å²) in [5, 5.41) is 8.95. The molecule has 0 radical (unpaired) electrons. The maximum absolute atomic E-state index is 12.2. The summed E-state index contributed by atoms with van der Waals surface area (Å²) in [6, 6.07) is 10.8. The van der Waals surface area contributed by atoms with Crippen LogP contribution >= 0.6 is 27.7 Å². The van der Waals surface area contributed by atoms with Crippen LogP contribution in [0.2, 0.25) is 0 Å². The molecule has 0 saturated carbocycles. The van der Waals surface area contributed by atoms with Gasteiger partial charge in [0.15, 0.2) is 34.7 Å². The third-order valence-electron chi connectivity index (χ3n) is 5.63. The Morgan fingerprint density at radius 2 is 1.51 bits per heavy atom. The maximum atomic E-state index is 12.2. The number of halogens is 1. The van der Waals surface area contributed by atoms with Crippen LogP contribution in [0.15, 0.2) is 56.7 Å². The number of carbonyl (C=O) groups excluding carboxylic acids is 4. The first-order valence-corrected chi connectivity index (χ1v) is 13.9. The molecule has 3 aromatic rings. The third kappa shape index (κ3) is 7.54. The standard InChI is InChI=1S/C26H26BrN3O10S/c1-13(31)36-12-20-21(37-14(2)32)22(38-15(3)33)23(39-16(4)34)25(40-20)41-26-29-28-24(19-6-5-11-35-19)30(26)18-9-7-17(27)8-10-18/h5-11,20-23,25H,12H2,1-4H3/t20-,21-,22+,23-,25+/m1/s1. The van der Waals surface area contributed by atoms with Gasteiger partial charge in [-0.3, -0.25) is 23.7 Å². The highest BCUT2D eigenvalue weighted by Crippen LogP contribution is 2.39. The molecule has 0 N–H and O–H groups in total. The number of aromatic nitrogens is 3. The molecule has 1 aliphatic heterocycles. The topological polar surface area (TPSA) is 158 Å². The molecule has 0 amide bonds. The number of thioether (sulfide) groups is 1. The molecular weight excluding hydrogens is 626 g/mol. The minimum atomic E-state index is -1.30. The second-order valence-electron chi connectivity index (χ2n) is 8.78. The first kappa shape index (κ1) is 30.3. The van der Waals surface area contributed by atoms with Crippen molar-refractivity contribution in [1.29, 1.82) is 0 Å². The normalized spacial score (nSPS) is 22.0. The number of carbonyl (C=O) groups is 4. The van der Waals surface area contributed by atoms with Crippen LogP contribution in [0.25, 0.3) is 17.3 Å². The van der Waals surface area contributed by atoms with E-state index in [-0.39, 0.29) is 6.61 Å². The molecule has 1 fully saturated rings. The summed E-state index contributed by atoms with van der Waals surface area (Å²) in [4.78, 5) is 47.9. The summed E-state index contributed by atoms with van der Waals surface area (Å²) >= 11 is 4.44. The van der Waals surface area contributed by atoms with Crippen molar-refractivity contribution in [2.24, 2.45) is 0 Å². The number of hydrogen-bond donors (Lipinski definition) is 0. The van der Waals surface area contributed by atoms with Crippen molar-refractivity contribution >= 4 is 51.6 Å². The van der Waals surface area contributed by atoms with E-state index in [1.54, 1.807) is 16.7 Å². The Kier molecular flexibility index (Phi) is 9.83. The Morgan fingerprint density at radius 3 is 2.10 bits per heavy atom. The van der Waals surface area contributed by atoms with Crippen LogP contribution in [0.3, 0.4) is 0 Å². The molecular formula is C26H26BrN3O10S. The Hall–Kier alpha value is -3.69. The van der Waals surface area contributed by atoms with E-state index in [2.05, 4.69) is 26.1 Å². The second kappa shape index (κ2) is 13.3. The van der Waals surface area contributed by atoms with Crippen LogP contribution < -0.4 is 0 Å². The van der Waals surface area contributed by atoms with Crippen molar-refractivity contribution in [1.82, 2.24) is 14.8 Å². The van der Waals surface area contributed by atoms with Crippen molar-refractivity contribution in [3.8, 4) is 17.3 Å². The van der Waals surface area contributed by atoms with Gasteiger partial charge in [0.05, 0.1) is 6.26 Å². The predicted octanol–water partition coefficient (Wildman–Crippen LogP) is 3.47. The predicted molar refractivity (Wildman–Crippen MR) is 145 cm³/mol. The molecule has 41 heavy (non-hydrogen) atoms. The number of hydrogen-bond acceptors (Lipinski definition) is 13. The second-order valence-corrected chi connectivity index (χ2v) is 10.8. The first-order chi connectivity index (χ1) is 19.5. The SMILES string of the molecule is CC(=O)OC[C@H]1O[C@@H](Sc2nnc(-c3ccco3)n2-c2ccc(Br)cc2)[C@H](OC(C)=O)[C@@H](OC(C)=O)[C@@H]1OC(C)=O. The molecule has 13 nitrogen and oxygen atoms in total. The van der Waals surface area contributed by atoms with Crippen LogP contribution in [0.4, 0.5) is 0 Å². The van der Waals surface area contributed by atoms with Gasteiger partial charge in [0.1, 0.15) is 12.7 Å². The van der Waals surface area contributed by atoms with Crippen molar-refractivity contribution in [2.45, 2.75) is 62.7 Å². The highest BCUT2D eigenvalue weighted by Gasteiger charge is 2.53. The van der Waals surface area contributed by atoms with Crippen molar-refractivity contribution in [3.05, 3.63) is 47.1 Å². The van der Waals surface area contributed by atoms with Gasteiger partial charge in [0.2, 0.25) is 5.82 Å². The van der Waals surface area contributed by atoms with E-state index in [0.29, 0.717) is 22.4 Å². The molecule has 15 heteroatoms. The van der Waals surface area contributed by atoms with Gasteiger partial charge in [0.25, 0.3) is 0 Å². The van der Waals surface area contributed by atoms with E-state index in [9.17, 15) is 19.2 Å². The molecule has 5 atom stereocenters. The van der Waals surface area contributed by atoms with Gasteiger partial charge in [-0.15, -0.1) is 10.2 Å². The van der Waals surface area contributed by atoms with E-state index in [4.69, 9.17) is 28.1 Å². The molecule has 0 aliphatic carbocycles. The van der Waals surface area contributed by atoms with Gasteiger partial charge < -0.3 is 28.1 Å². The average Bonchev–Trinajstić information content (AvgIpc) is 3.56. The quantitative estimate of drug-likeness (QED) is 0.245. The summed E-state index contributed by atoms with van der Waals surface area (Å²) in [6.07, 6.45) is -3.42. The van der Waals surface area contributed by atoms with E-state index >= 15 is 0 Å². The number of benzene rings is 1. The molecule has 4 rings (SSSR count). The van der Waals surface area contributed by atoms with E-state index < -0.39 is 53.7 Å². The molecule has 0 bridgehead atoms. The summed E-state index contributed by atoms with van der Waals surface area (Å²) in [5.41, 5.74) is -0.406. The first-order valence-electron chi connectivity index (χ1n) is 12.3. The van der Waals surface area contributed by atoms with Gasteiger partial charge in [0, 0.05) is 37.9 Å². The fourth-order valence-corrected chi connectivity index (χ4v) is 5.52. The Balaban J connectivity index is 1.79. The molecule has 0 unspecified atom stereocenters. The summed E-state index contributed by atoms with van der Waals surface area (Å²) in [5.74, 6) is -1.93. The lowest BCUT2D eigenvalue weighted by atomic mass is 9.99. The Bertz CT molecular complexity index is 1390. The molecule has 1 saturated heterocycles. The van der Waals surface area contributed by atoms with Crippen LogP contribution in [0, 0.1) is 0 Å². The number of rotatable bonds is 9. The number of ether oxygens (including phenoxy) is 5. The highest BCUT2D eigenvalue weighted by atomic mass is 79.9. The van der Waals surface area contributed by atoms with Gasteiger partial charge in [-0.1, -0.05) is 15.9 Å². The zero-order chi connectivity index (χ0) is 29.7. The minimum Gasteiger partial charge on any atom is -0.463 e. The Morgan fingerprint density at radius 1 is 0.878 bits per heavy atom. The van der Waals surface area contributed by atoms with Crippen LogP contribution in [0.1, 0.15) is 27.7 Å². The number of nitrogens with zero attached hydrogens (tertiary/aromatic N) is 3. The van der Waals surface area contributed by atoms with Crippen molar-refractivity contribution in [2.75, 3.05) is 6.61 Å². The zero-order valence-electron chi connectivity index (χ0n) is 22.3. The zero-order valence-corrected chi connectivity index (χ0v) is 24.7. The molecule has 1 aromatic carbocycles. The molecule has 1 aliphatic rings. The van der Waals surface area contributed by atoms with E-state index in [1.807, 2.05) is 24.3 Å². The van der Waals surface area contributed by atoms with Crippen molar-refractivity contribution < 1.29 is 47.3 Å². The van der Waals surface area contributed by atoms with Crippen LogP contribution in [-0.2, 0) is 42.9 Å². The number of furan rings is 1. The monoisotopic (exact) mass is 651 g/mol. The lowest BCUT2D eigenvalue weighted by Gasteiger charge is -2.43. The maximum Gasteiger partial charge on any atom is 0.303 e. The van der Waals surface area contributed by atoms with E-state index in [1.165, 1.54) is 20.1 Å². The van der Waals surface area contributed by atoms with Crippen LogP contribution in [-0.4, -0.2) is 75.1 Å². The van der Waals surface area contributed by atoms with Gasteiger partial charge in [-0.25, -0.2) is 0 Å². The largest absolute Gasteiger partial charge is 0.463 e. The fraction of sp³-hybridized carbons (Fsp3) is 0.385. The van der Waals surface area contributed by atoms with Gasteiger partial charge in [-0.2, -0.15) is 0 Å². The lowest BCUT2D eigenvalue weighted by molar-refractivity contribution is -0.237. The molecule has 2 aromatic heterocycles. The smallest absolute Gasteiger partial charge is 0.303 e. The third-order valence-corrected chi connectivity index (χ3v) is 7.24. The van der Waals surface area contributed by atoms with E-state index in [0.717, 1.165) is 30.1 Å². The molecule has 0 spiro atoms.